The summed E-state index contributed by atoms with van der Waals surface area (Å²) in [4.78, 5) is 30.5. The van der Waals surface area contributed by atoms with E-state index in [9.17, 15) is 4.79 Å². The second kappa shape index (κ2) is 9.82. The fraction of sp³-hybridized carbons (Fsp3) is 0.391. The van der Waals surface area contributed by atoms with Crippen LogP contribution < -0.4 is 20.5 Å². The number of fused-ring (bicyclic) bond motifs is 2. The molecule has 1 amide bonds. The van der Waals surface area contributed by atoms with E-state index in [4.69, 9.17) is 20.0 Å². The van der Waals surface area contributed by atoms with E-state index in [1.54, 1.807) is 6.07 Å². The molecule has 0 spiro atoms. The number of likely N-dealkylation sites (tertiary alicyclic amines) is 1. The van der Waals surface area contributed by atoms with Gasteiger partial charge in [0.05, 0.1) is 4.88 Å². The highest BCUT2D eigenvalue weighted by Crippen LogP contribution is 2.34. The molecule has 5 rings (SSSR count). The van der Waals surface area contributed by atoms with Gasteiger partial charge in [-0.1, -0.05) is 5.16 Å². The van der Waals surface area contributed by atoms with Crippen LogP contribution in [0.4, 0.5) is 5.95 Å². The first-order valence-corrected chi connectivity index (χ1v) is 12.1. The van der Waals surface area contributed by atoms with Crippen LogP contribution in [0.5, 0.6) is 11.5 Å². The zero-order valence-corrected chi connectivity index (χ0v) is 19.7. The van der Waals surface area contributed by atoms with Gasteiger partial charge in [0.15, 0.2) is 11.5 Å². The van der Waals surface area contributed by atoms with Gasteiger partial charge in [0.25, 0.3) is 5.91 Å². The molecule has 3 N–H and O–H groups in total. The molecule has 10 nitrogen and oxygen atoms in total. The van der Waals surface area contributed by atoms with E-state index in [0.29, 0.717) is 51.2 Å². The van der Waals surface area contributed by atoms with Crippen molar-refractivity contribution in [2.24, 2.45) is 5.16 Å². The van der Waals surface area contributed by atoms with E-state index < -0.39 is 0 Å². The van der Waals surface area contributed by atoms with Crippen LogP contribution in [0.15, 0.2) is 29.4 Å². The first-order valence-electron chi connectivity index (χ1n) is 11.3. The Morgan fingerprint density at radius 2 is 2.06 bits per heavy atom. The molecule has 1 saturated heterocycles. The first-order chi connectivity index (χ1) is 16.6. The largest absolute Gasteiger partial charge is 0.454 e. The highest BCUT2D eigenvalue weighted by atomic mass is 32.1. The maximum absolute atomic E-state index is 12.4. The first kappa shape index (κ1) is 22.4. The Kier molecular flexibility index (Phi) is 6.45. The van der Waals surface area contributed by atoms with Gasteiger partial charge in [0.2, 0.25) is 12.7 Å². The molecule has 2 aliphatic heterocycles. The van der Waals surface area contributed by atoms with Crippen molar-refractivity contribution in [1.29, 1.82) is 0 Å². The van der Waals surface area contributed by atoms with Crippen LogP contribution in [0, 0.1) is 0 Å². The number of anilines is 1. The third-order valence-corrected chi connectivity index (χ3v) is 6.72. The molecule has 1 aromatic carbocycles. The minimum Gasteiger partial charge on any atom is -0.454 e. The summed E-state index contributed by atoms with van der Waals surface area (Å²) >= 11 is 1.26. The minimum atomic E-state index is -0.168. The van der Waals surface area contributed by atoms with Crippen molar-refractivity contribution in [2.75, 3.05) is 45.3 Å². The number of nitrogens with one attached hydrogen (secondary N) is 1. The molecule has 0 saturated carbocycles. The molecule has 1 fully saturated rings. The number of ether oxygens (including phenoxy) is 2. The number of rotatable bonds is 8. The molecule has 0 atom stereocenters. The Labute approximate surface area is 200 Å². The van der Waals surface area contributed by atoms with Crippen LogP contribution in [0.2, 0.25) is 0 Å². The molecule has 0 aliphatic carbocycles. The van der Waals surface area contributed by atoms with Crippen LogP contribution in [0.25, 0.3) is 10.2 Å². The van der Waals surface area contributed by atoms with Crippen molar-refractivity contribution in [2.45, 2.75) is 19.8 Å². The van der Waals surface area contributed by atoms with Crippen molar-refractivity contribution in [3.63, 3.8) is 0 Å². The van der Waals surface area contributed by atoms with Crippen LogP contribution in [0.1, 0.15) is 40.7 Å². The normalized spacial score (nSPS) is 15.7. The maximum atomic E-state index is 12.4. The number of carbonyl (C=O) groups excluding carboxylic acids is 1. The van der Waals surface area contributed by atoms with E-state index in [1.807, 2.05) is 25.1 Å². The summed E-state index contributed by atoms with van der Waals surface area (Å²) < 4.78 is 11.0. The molecule has 0 radical (unpaired) electrons. The Balaban J connectivity index is 1.53. The summed E-state index contributed by atoms with van der Waals surface area (Å²) in [5, 5.41) is 7.98. The van der Waals surface area contributed by atoms with Crippen LogP contribution >= 0.6 is 11.3 Å². The summed E-state index contributed by atoms with van der Waals surface area (Å²) in [6.45, 7) is 6.00. The summed E-state index contributed by atoms with van der Waals surface area (Å²) in [7, 11) is 0. The van der Waals surface area contributed by atoms with Crippen LogP contribution in [0.3, 0.4) is 0 Å². The lowest BCUT2D eigenvalue weighted by Gasteiger charge is -2.14. The van der Waals surface area contributed by atoms with Gasteiger partial charge in [-0.15, -0.1) is 11.3 Å². The SMILES string of the molecule is CCNC(=O)c1cc2c(/C(=N\OCCN3CCCC3)c3ccc4c(c3)OCO4)nc(N)nc2s1. The molecule has 4 heterocycles. The number of thiophene rings is 1. The number of aromatic nitrogens is 2. The fourth-order valence-corrected chi connectivity index (χ4v) is 5.00. The monoisotopic (exact) mass is 482 g/mol. The topological polar surface area (TPSA) is 124 Å². The number of nitrogens with two attached hydrogens (primary N) is 1. The second-order valence-corrected chi connectivity index (χ2v) is 9.04. The summed E-state index contributed by atoms with van der Waals surface area (Å²) in [5.41, 5.74) is 7.76. The number of hydrogen-bond donors (Lipinski definition) is 2. The Bertz CT molecular complexity index is 1240. The van der Waals surface area contributed by atoms with Gasteiger partial charge in [-0.25, -0.2) is 9.97 Å². The van der Waals surface area contributed by atoms with Gasteiger partial charge in [-0.3, -0.25) is 9.69 Å². The number of carbonyl (C=O) groups is 1. The average molecular weight is 483 g/mol. The second-order valence-electron chi connectivity index (χ2n) is 8.01. The molecule has 34 heavy (non-hydrogen) atoms. The van der Waals surface area contributed by atoms with Crippen molar-refractivity contribution in [3.8, 4) is 11.5 Å². The number of oxime groups is 1. The Morgan fingerprint density at radius 3 is 2.88 bits per heavy atom. The predicted octanol–water partition coefficient (Wildman–Crippen LogP) is 2.62. The zero-order valence-electron chi connectivity index (χ0n) is 18.9. The number of amides is 1. The third kappa shape index (κ3) is 4.62. The highest BCUT2D eigenvalue weighted by molar-refractivity contribution is 7.20. The Morgan fingerprint density at radius 1 is 1.24 bits per heavy atom. The molecule has 2 aromatic heterocycles. The standard InChI is InChI=1S/C23H26N6O4S/c1-2-25-21(30)18-12-15-20(26-23(24)27-22(15)34-18)19(28-33-10-9-29-7-3-4-8-29)14-5-6-16-17(11-14)32-13-31-16/h5-6,11-12H,2-4,7-10,13H2,1H3,(H,25,30)(H2,24,26,27)/b28-19-. The van der Waals surface area contributed by atoms with E-state index in [2.05, 4.69) is 25.3 Å². The van der Waals surface area contributed by atoms with Gasteiger partial charge in [-0.2, -0.15) is 0 Å². The van der Waals surface area contributed by atoms with Gasteiger partial charge in [0, 0.05) is 24.0 Å². The smallest absolute Gasteiger partial charge is 0.261 e. The van der Waals surface area contributed by atoms with Crippen LogP contribution in [-0.4, -0.2) is 66.1 Å². The maximum Gasteiger partial charge on any atom is 0.261 e. The molecule has 0 bridgehead atoms. The fourth-order valence-electron chi connectivity index (χ4n) is 4.04. The summed E-state index contributed by atoms with van der Waals surface area (Å²) in [6.07, 6.45) is 2.44. The zero-order chi connectivity index (χ0) is 23.5. The van der Waals surface area contributed by atoms with Gasteiger partial charge in [0.1, 0.15) is 22.8 Å². The molecule has 178 valence electrons. The van der Waals surface area contributed by atoms with Gasteiger partial charge < -0.3 is 25.4 Å². The lowest BCUT2D eigenvalue weighted by molar-refractivity contribution is 0.0960. The van der Waals surface area contributed by atoms with Crippen molar-refractivity contribution >= 4 is 39.1 Å². The molecule has 11 heteroatoms. The number of benzene rings is 1. The summed E-state index contributed by atoms with van der Waals surface area (Å²) in [6, 6.07) is 7.31. The number of nitrogens with zero attached hydrogens (tertiary/aromatic N) is 4. The lowest BCUT2D eigenvalue weighted by Crippen LogP contribution is -2.23. The average Bonchev–Trinajstić information content (AvgIpc) is 3.59. The molecule has 2 aliphatic rings. The van der Waals surface area contributed by atoms with Gasteiger partial charge >= 0.3 is 0 Å². The highest BCUT2D eigenvalue weighted by Gasteiger charge is 2.22. The molecular weight excluding hydrogens is 456 g/mol. The predicted molar refractivity (Wildman–Crippen MR) is 130 cm³/mol. The van der Waals surface area contributed by atoms with E-state index in [-0.39, 0.29) is 18.6 Å². The van der Waals surface area contributed by atoms with Crippen molar-refractivity contribution in [1.82, 2.24) is 20.2 Å². The minimum absolute atomic E-state index is 0.0947. The molecule has 3 aromatic rings. The summed E-state index contributed by atoms with van der Waals surface area (Å²) in [5.74, 6) is 1.21. The third-order valence-electron chi connectivity index (χ3n) is 5.69. The molecule has 0 unspecified atom stereocenters. The van der Waals surface area contributed by atoms with Crippen molar-refractivity contribution in [3.05, 3.63) is 40.4 Å². The quantitative estimate of drug-likeness (QED) is 0.285. The van der Waals surface area contributed by atoms with E-state index in [1.165, 1.54) is 24.2 Å². The van der Waals surface area contributed by atoms with E-state index >= 15 is 0 Å². The van der Waals surface area contributed by atoms with Crippen molar-refractivity contribution < 1.29 is 19.1 Å². The Hall–Kier alpha value is -3.44. The lowest BCUT2D eigenvalue weighted by atomic mass is 10.0. The number of nitrogen functional groups attached to an aromatic ring is 1. The molecular formula is C23H26N6O4S. The van der Waals surface area contributed by atoms with Crippen LogP contribution in [-0.2, 0) is 4.84 Å². The van der Waals surface area contributed by atoms with E-state index in [0.717, 1.165) is 25.2 Å². The van der Waals surface area contributed by atoms with Gasteiger partial charge in [-0.05, 0) is 57.1 Å². The number of hydrogen-bond acceptors (Lipinski definition) is 10.